The van der Waals surface area contributed by atoms with Gasteiger partial charge in [0, 0.05) is 35.0 Å². The van der Waals surface area contributed by atoms with Crippen LogP contribution in [0.25, 0.3) is 16.8 Å². The lowest BCUT2D eigenvalue weighted by Crippen LogP contribution is -2.29. The fraction of sp³-hybridized carbons (Fsp3) is 0.333. The molecule has 4 aromatic rings. The highest BCUT2D eigenvalue weighted by Gasteiger charge is 2.35. The Morgan fingerprint density at radius 1 is 1.18 bits per heavy atom. The van der Waals surface area contributed by atoms with E-state index in [4.69, 9.17) is 26.4 Å². The Bertz CT molecular complexity index is 1410. The largest absolute Gasteiger partial charge is 0.497 e. The molecule has 2 aromatic heterocycles. The van der Waals surface area contributed by atoms with Gasteiger partial charge >= 0.3 is 0 Å². The Labute approximate surface area is 203 Å². The summed E-state index contributed by atoms with van der Waals surface area (Å²) in [4.78, 5) is 7.44. The summed E-state index contributed by atoms with van der Waals surface area (Å²) in [5.41, 5.74) is 6.56. The highest BCUT2D eigenvalue weighted by Crippen LogP contribution is 2.42. The van der Waals surface area contributed by atoms with Crippen LogP contribution < -0.4 is 9.64 Å². The van der Waals surface area contributed by atoms with Crippen molar-refractivity contribution in [2.24, 2.45) is 0 Å². The lowest BCUT2D eigenvalue weighted by molar-refractivity contribution is 0.415. The number of methoxy groups -OCH3 is 1. The second kappa shape index (κ2) is 8.27. The van der Waals surface area contributed by atoms with Crippen molar-refractivity contribution in [2.75, 3.05) is 12.0 Å². The third kappa shape index (κ3) is 3.52. The van der Waals surface area contributed by atoms with E-state index in [1.54, 1.807) is 13.2 Å². The molecule has 0 N–H and O–H groups in total. The number of fused-ring (bicyclic) bond motifs is 2. The van der Waals surface area contributed by atoms with Crippen molar-refractivity contribution in [2.45, 2.75) is 51.6 Å². The van der Waals surface area contributed by atoms with Gasteiger partial charge < -0.3 is 9.64 Å². The Morgan fingerprint density at radius 2 is 2.00 bits per heavy atom. The molecule has 2 aliphatic carbocycles. The molecule has 1 fully saturated rings. The number of benzene rings is 2. The molecule has 1 saturated carbocycles. The van der Waals surface area contributed by atoms with E-state index in [0.717, 1.165) is 66.1 Å². The third-order valence-corrected chi connectivity index (χ3v) is 7.25. The molecule has 6 rings (SSSR count). The Kier molecular flexibility index (Phi) is 5.21. The average molecular weight is 477 g/mol. The molecule has 34 heavy (non-hydrogen) atoms. The van der Waals surface area contributed by atoms with Gasteiger partial charge in [0.15, 0.2) is 5.65 Å². The molecule has 5 nitrogen and oxygen atoms in total. The zero-order chi connectivity index (χ0) is 23.4. The molecule has 0 saturated heterocycles. The topological polar surface area (TPSA) is 42.7 Å². The minimum absolute atomic E-state index is 0.169. The van der Waals surface area contributed by atoms with Crippen molar-refractivity contribution in [1.29, 1.82) is 0 Å². The number of nitrogens with zero attached hydrogens (tertiary/aromatic N) is 4. The van der Waals surface area contributed by atoms with Crippen LogP contribution in [0.15, 0.2) is 42.5 Å². The molecule has 174 valence electrons. The Morgan fingerprint density at radius 3 is 2.74 bits per heavy atom. The first-order valence-corrected chi connectivity index (χ1v) is 12.2. The number of aromatic nitrogens is 3. The maximum atomic E-state index is 14.6. The maximum absolute atomic E-state index is 14.6. The zero-order valence-corrected chi connectivity index (χ0v) is 20.1. The molecule has 2 aliphatic rings. The summed E-state index contributed by atoms with van der Waals surface area (Å²) in [7, 11) is 1.63. The number of halogens is 2. The average Bonchev–Trinajstić information content (AvgIpc) is 3.48. The first-order chi connectivity index (χ1) is 16.5. The second-order valence-electron chi connectivity index (χ2n) is 9.21. The van der Waals surface area contributed by atoms with Crippen molar-refractivity contribution in [3.63, 3.8) is 0 Å². The summed E-state index contributed by atoms with van der Waals surface area (Å²) in [6.07, 6.45) is 5.18. The van der Waals surface area contributed by atoms with Crippen LogP contribution in [0, 0.1) is 12.7 Å². The van der Waals surface area contributed by atoms with Crippen molar-refractivity contribution in [3.8, 4) is 16.9 Å². The summed E-state index contributed by atoms with van der Waals surface area (Å²) in [5.74, 6) is 1.60. The number of anilines is 1. The number of rotatable bonds is 6. The predicted octanol–water partition coefficient (Wildman–Crippen LogP) is 6.16. The van der Waals surface area contributed by atoms with Crippen LogP contribution in [0.2, 0.25) is 5.02 Å². The van der Waals surface area contributed by atoms with Crippen LogP contribution >= 0.6 is 11.6 Å². The van der Waals surface area contributed by atoms with Crippen molar-refractivity contribution >= 4 is 23.1 Å². The molecule has 0 spiro atoms. The first-order valence-electron chi connectivity index (χ1n) is 11.8. The van der Waals surface area contributed by atoms with Gasteiger partial charge in [-0.2, -0.15) is 9.61 Å². The van der Waals surface area contributed by atoms with Gasteiger partial charge in [-0.1, -0.05) is 29.8 Å². The summed E-state index contributed by atoms with van der Waals surface area (Å²) < 4.78 is 22.0. The molecule has 0 aliphatic heterocycles. The lowest BCUT2D eigenvalue weighted by atomic mass is 10.1. The predicted molar refractivity (Wildman–Crippen MR) is 132 cm³/mol. The minimum atomic E-state index is -0.169. The zero-order valence-electron chi connectivity index (χ0n) is 19.3. The van der Waals surface area contributed by atoms with E-state index in [2.05, 4.69) is 4.90 Å². The highest BCUT2D eigenvalue weighted by atomic mass is 35.5. The van der Waals surface area contributed by atoms with Crippen LogP contribution in [0.3, 0.4) is 0 Å². The van der Waals surface area contributed by atoms with Crippen molar-refractivity contribution in [3.05, 3.63) is 75.8 Å². The van der Waals surface area contributed by atoms with E-state index in [1.807, 2.05) is 41.8 Å². The van der Waals surface area contributed by atoms with Crippen molar-refractivity contribution in [1.82, 2.24) is 14.6 Å². The standard InChI is InChI=1S/C27H26ClFN4O/c1-16-25(20-13-12-19(34-2)14-22(20)28)26-30-24-9-5-7-21(24)27(33(26)31-16)32(18-10-11-18)15-17-6-3-4-8-23(17)29/h3-4,6,8,12-14,18H,5,7,9-11,15H2,1-2H3. The minimum Gasteiger partial charge on any atom is -0.497 e. The van der Waals surface area contributed by atoms with Crippen molar-refractivity contribution < 1.29 is 9.13 Å². The van der Waals surface area contributed by atoms with Gasteiger partial charge in [-0.15, -0.1) is 0 Å². The van der Waals surface area contributed by atoms with E-state index < -0.39 is 0 Å². The van der Waals surface area contributed by atoms with Gasteiger partial charge in [0.2, 0.25) is 0 Å². The fourth-order valence-corrected chi connectivity index (χ4v) is 5.39. The van der Waals surface area contributed by atoms with Crippen LogP contribution in [0.4, 0.5) is 10.2 Å². The molecule has 0 atom stereocenters. The van der Waals surface area contributed by atoms with Gasteiger partial charge in [-0.25, -0.2) is 9.37 Å². The lowest BCUT2D eigenvalue weighted by Gasteiger charge is -2.27. The quantitative estimate of drug-likeness (QED) is 0.334. The third-order valence-electron chi connectivity index (χ3n) is 6.94. The monoisotopic (exact) mass is 476 g/mol. The molecule has 0 bridgehead atoms. The van der Waals surface area contributed by atoms with E-state index in [1.165, 1.54) is 11.6 Å². The summed E-state index contributed by atoms with van der Waals surface area (Å²) in [6.45, 7) is 2.51. The number of hydrogen-bond acceptors (Lipinski definition) is 4. The summed E-state index contributed by atoms with van der Waals surface area (Å²) in [6, 6.07) is 13.1. The summed E-state index contributed by atoms with van der Waals surface area (Å²) >= 11 is 6.68. The van der Waals surface area contributed by atoms with Crippen LogP contribution in [-0.2, 0) is 19.4 Å². The Balaban J connectivity index is 1.56. The van der Waals surface area contributed by atoms with E-state index in [0.29, 0.717) is 28.9 Å². The SMILES string of the molecule is COc1ccc(-c2c(C)nn3c(N(Cc4ccccc4F)C4CC4)c4c(nc23)CCC4)c(Cl)c1. The van der Waals surface area contributed by atoms with Gasteiger partial charge in [0.1, 0.15) is 17.4 Å². The Hall–Kier alpha value is -3.12. The normalized spacial score (nSPS) is 15.1. The van der Waals surface area contributed by atoms with Gasteiger partial charge in [0.05, 0.1) is 23.4 Å². The molecule has 2 aromatic carbocycles. The molecular formula is C27H26ClFN4O. The first kappa shape index (κ1) is 21.4. The molecule has 2 heterocycles. The van der Waals surface area contributed by atoms with Gasteiger partial charge in [-0.05, 0) is 63.3 Å². The number of ether oxygens (including phenoxy) is 1. The second-order valence-corrected chi connectivity index (χ2v) is 9.61. The number of hydrogen-bond donors (Lipinski definition) is 0. The highest BCUT2D eigenvalue weighted by molar-refractivity contribution is 6.33. The van der Waals surface area contributed by atoms with Crippen LogP contribution in [0.1, 0.15) is 41.8 Å². The van der Waals surface area contributed by atoms with E-state index in [9.17, 15) is 4.39 Å². The maximum Gasteiger partial charge on any atom is 0.165 e. The molecule has 0 amide bonds. The van der Waals surface area contributed by atoms with Crippen LogP contribution in [0.5, 0.6) is 5.75 Å². The smallest absolute Gasteiger partial charge is 0.165 e. The summed E-state index contributed by atoms with van der Waals surface area (Å²) in [5, 5.41) is 5.58. The van der Waals surface area contributed by atoms with E-state index in [-0.39, 0.29) is 5.82 Å². The molecule has 7 heteroatoms. The van der Waals surface area contributed by atoms with Gasteiger partial charge in [-0.3, -0.25) is 0 Å². The van der Waals surface area contributed by atoms with E-state index >= 15 is 0 Å². The van der Waals surface area contributed by atoms with Gasteiger partial charge in [0.25, 0.3) is 0 Å². The molecule has 0 radical (unpaired) electrons. The number of aryl methyl sites for hydroxylation is 2. The molecule has 0 unspecified atom stereocenters. The molecular weight excluding hydrogens is 451 g/mol. The van der Waals surface area contributed by atoms with Crippen LogP contribution in [-0.4, -0.2) is 27.7 Å². The fourth-order valence-electron chi connectivity index (χ4n) is 5.12.